The van der Waals surface area contributed by atoms with Crippen molar-refractivity contribution in [2.24, 2.45) is 0 Å². The normalized spacial score (nSPS) is 11.0. The van der Waals surface area contributed by atoms with Crippen molar-refractivity contribution in [1.82, 2.24) is 10.3 Å². The number of carbonyl (C=O) groups is 2. The van der Waals surface area contributed by atoms with Gasteiger partial charge in [0.05, 0.1) is 0 Å². The summed E-state index contributed by atoms with van der Waals surface area (Å²) >= 11 is 0. The first-order chi connectivity index (χ1) is 11.4. The number of pyridine rings is 1. The van der Waals surface area contributed by atoms with Crippen LogP contribution in [0.15, 0.2) is 48.7 Å². The van der Waals surface area contributed by atoms with Gasteiger partial charge in [0.1, 0.15) is 5.82 Å². The highest BCUT2D eigenvalue weighted by Crippen LogP contribution is 2.22. The molecular formula is C19H23N3O2. The van der Waals surface area contributed by atoms with Crippen LogP contribution in [0.5, 0.6) is 0 Å². The molecule has 0 bridgehead atoms. The molecule has 0 aliphatic rings. The molecule has 0 spiro atoms. The summed E-state index contributed by atoms with van der Waals surface area (Å²) in [6, 6.07) is 12.8. The second-order valence-electron chi connectivity index (χ2n) is 6.60. The third-order valence-corrected chi connectivity index (χ3v) is 3.58. The number of nitrogens with zero attached hydrogens (tertiary/aromatic N) is 1. The van der Waals surface area contributed by atoms with Crippen molar-refractivity contribution in [3.8, 4) is 0 Å². The molecule has 5 nitrogen and oxygen atoms in total. The molecule has 2 aromatic rings. The van der Waals surface area contributed by atoms with Crippen molar-refractivity contribution >= 4 is 17.6 Å². The van der Waals surface area contributed by atoms with Crippen LogP contribution in [-0.4, -0.2) is 23.3 Å². The number of nitrogens with one attached hydrogen (secondary N) is 2. The maximum Gasteiger partial charge on any atom is 0.251 e. The van der Waals surface area contributed by atoms with E-state index in [2.05, 4.69) is 36.4 Å². The first-order valence-corrected chi connectivity index (χ1v) is 7.96. The van der Waals surface area contributed by atoms with Crippen LogP contribution in [0.25, 0.3) is 0 Å². The van der Waals surface area contributed by atoms with E-state index in [1.165, 1.54) is 5.56 Å². The lowest BCUT2D eigenvalue weighted by Gasteiger charge is -2.19. The zero-order chi connectivity index (χ0) is 17.6. The molecular weight excluding hydrogens is 302 g/mol. The van der Waals surface area contributed by atoms with Crippen molar-refractivity contribution in [2.75, 3.05) is 11.9 Å². The molecule has 2 N–H and O–H groups in total. The Morgan fingerprint density at radius 1 is 1.04 bits per heavy atom. The van der Waals surface area contributed by atoms with E-state index < -0.39 is 0 Å². The van der Waals surface area contributed by atoms with E-state index >= 15 is 0 Å². The molecule has 2 rings (SSSR count). The molecule has 0 saturated carbocycles. The third-order valence-electron chi connectivity index (χ3n) is 3.58. The van der Waals surface area contributed by atoms with Gasteiger partial charge in [0.2, 0.25) is 5.91 Å². The maximum atomic E-state index is 12.1. The number of benzene rings is 1. The second-order valence-corrected chi connectivity index (χ2v) is 6.60. The van der Waals surface area contributed by atoms with Crippen molar-refractivity contribution < 1.29 is 9.59 Å². The van der Waals surface area contributed by atoms with Gasteiger partial charge >= 0.3 is 0 Å². The fourth-order valence-corrected chi connectivity index (χ4v) is 2.16. The minimum atomic E-state index is -0.183. The monoisotopic (exact) mass is 325 g/mol. The van der Waals surface area contributed by atoms with E-state index in [4.69, 9.17) is 0 Å². The van der Waals surface area contributed by atoms with Gasteiger partial charge in [-0.15, -0.1) is 0 Å². The quantitative estimate of drug-likeness (QED) is 0.887. The molecule has 24 heavy (non-hydrogen) atoms. The van der Waals surface area contributed by atoms with E-state index in [0.29, 0.717) is 11.4 Å². The number of amides is 2. The first kappa shape index (κ1) is 17.7. The van der Waals surface area contributed by atoms with Crippen LogP contribution >= 0.6 is 0 Å². The predicted octanol–water partition coefficient (Wildman–Crippen LogP) is 3.14. The zero-order valence-electron chi connectivity index (χ0n) is 14.3. The van der Waals surface area contributed by atoms with E-state index in [-0.39, 0.29) is 30.2 Å². The summed E-state index contributed by atoms with van der Waals surface area (Å²) in [5.74, 6) is 0.143. The molecule has 0 aliphatic carbocycles. The largest absolute Gasteiger partial charge is 0.352 e. The lowest BCUT2D eigenvalue weighted by atomic mass is 9.87. The number of hydrogen-bond donors (Lipinski definition) is 2. The Morgan fingerprint density at radius 2 is 1.75 bits per heavy atom. The SMILES string of the molecule is CC(C)(C)c1ccc(C(=O)NCCC(=O)Nc2ccccn2)cc1. The van der Waals surface area contributed by atoms with Gasteiger partial charge in [-0.3, -0.25) is 9.59 Å². The number of rotatable bonds is 5. The van der Waals surface area contributed by atoms with Crippen molar-refractivity contribution in [3.05, 3.63) is 59.8 Å². The number of anilines is 1. The minimum Gasteiger partial charge on any atom is -0.352 e. The number of hydrogen-bond acceptors (Lipinski definition) is 3. The summed E-state index contributed by atoms with van der Waals surface area (Å²) in [4.78, 5) is 27.9. The molecule has 0 fully saturated rings. The Hall–Kier alpha value is -2.69. The van der Waals surface area contributed by atoms with Crippen LogP contribution in [0.3, 0.4) is 0 Å². The van der Waals surface area contributed by atoms with Gasteiger partial charge in [-0.1, -0.05) is 39.0 Å². The molecule has 2 amide bonds. The molecule has 1 heterocycles. The van der Waals surface area contributed by atoms with Gasteiger partial charge in [-0.25, -0.2) is 4.98 Å². The van der Waals surface area contributed by atoms with Crippen molar-refractivity contribution in [3.63, 3.8) is 0 Å². The van der Waals surface area contributed by atoms with E-state index in [9.17, 15) is 9.59 Å². The van der Waals surface area contributed by atoms with Gasteiger partial charge in [0.15, 0.2) is 0 Å². The standard InChI is InChI=1S/C19H23N3O2/c1-19(2,3)15-9-7-14(8-10-15)18(24)21-13-11-17(23)22-16-6-4-5-12-20-16/h4-10,12H,11,13H2,1-3H3,(H,21,24)(H,20,22,23). The fraction of sp³-hybridized carbons (Fsp3) is 0.316. The average molecular weight is 325 g/mol. The summed E-state index contributed by atoms with van der Waals surface area (Å²) in [6.07, 6.45) is 1.81. The highest BCUT2D eigenvalue weighted by molar-refractivity contribution is 5.95. The first-order valence-electron chi connectivity index (χ1n) is 7.96. The van der Waals surface area contributed by atoms with Gasteiger partial charge in [-0.2, -0.15) is 0 Å². The zero-order valence-corrected chi connectivity index (χ0v) is 14.3. The lowest BCUT2D eigenvalue weighted by molar-refractivity contribution is -0.116. The van der Waals surface area contributed by atoms with Gasteiger partial charge in [-0.05, 0) is 35.2 Å². The molecule has 1 aromatic heterocycles. The highest BCUT2D eigenvalue weighted by atomic mass is 16.2. The summed E-state index contributed by atoms with van der Waals surface area (Å²) < 4.78 is 0. The van der Waals surface area contributed by atoms with Crippen molar-refractivity contribution in [2.45, 2.75) is 32.6 Å². The topological polar surface area (TPSA) is 71.1 Å². The molecule has 126 valence electrons. The smallest absolute Gasteiger partial charge is 0.251 e. The summed E-state index contributed by atoms with van der Waals surface area (Å²) in [5, 5.41) is 5.43. The summed E-state index contributed by atoms with van der Waals surface area (Å²) in [7, 11) is 0. The summed E-state index contributed by atoms with van der Waals surface area (Å²) in [5.41, 5.74) is 1.82. The molecule has 0 saturated heterocycles. The van der Waals surface area contributed by atoms with Crippen LogP contribution < -0.4 is 10.6 Å². The van der Waals surface area contributed by atoms with Crippen LogP contribution in [0, 0.1) is 0 Å². The minimum absolute atomic E-state index is 0.0541. The maximum absolute atomic E-state index is 12.1. The molecule has 5 heteroatoms. The fourth-order valence-electron chi connectivity index (χ4n) is 2.16. The van der Waals surface area contributed by atoms with Gasteiger partial charge in [0, 0.05) is 24.7 Å². The predicted molar refractivity (Wildman–Crippen MR) is 95.0 cm³/mol. The Bertz CT molecular complexity index is 689. The Labute approximate surface area is 142 Å². The average Bonchev–Trinajstić information content (AvgIpc) is 2.55. The Morgan fingerprint density at radius 3 is 2.33 bits per heavy atom. The Kier molecular flexibility index (Phi) is 5.68. The number of carbonyl (C=O) groups excluding carboxylic acids is 2. The van der Waals surface area contributed by atoms with Crippen LogP contribution in [0.4, 0.5) is 5.82 Å². The van der Waals surface area contributed by atoms with Crippen molar-refractivity contribution in [1.29, 1.82) is 0 Å². The molecule has 0 aliphatic heterocycles. The van der Waals surface area contributed by atoms with Gasteiger partial charge < -0.3 is 10.6 Å². The lowest BCUT2D eigenvalue weighted by Crippen LogP contribution is -2.27. The molecule has 1 aromatic carbocycles. The Balaban J connectivity index is 1.80. The van der Waals surface area contributed by atoms with Crippen LogP contribution in [-0.2, 0) is 10.2 Å². The van der Waals surface area contributed by atoms with E-state index in [0.717, 1.165) is 0 Å². The molecule has 0 radical (unpaired) electrons. The number of aromatic nitrogens is 1. The van der Waals surface area contributed by atoms with Crippen LogP contribution in [0.1, 0.15) is 43.1 Å². The summed E-state index contributed by atoms with van der Waals surface area (Å²) in [6.45, 7) is 6.66. The third kappa shape index (κ3) is 5.19. The molecule has 0 unspecified atom stereocenters. The van der Waals surface area contributed by atoms with Crippen LogP contribution in [0.2, 0.25) is 0 Å². The highest BCUT2D eigenvalue weighted by Gasteiger charge is 2.14. The molecule has 0 atom stereocenters. The van der Waals surface area contributed by atoms with E-state index in [1.54, 1.807) is 24.4 Å². The van der Waals surface area contributed by atoms with Gasteiger partial charge in [0.25, 0.3) is 5.91 Å². The second kappa shape index (κ2) is 7.73. The van der Waals surface area contributed by atoms with E-state index in [1.807, 2.05) is 24.3 Å².